The van der Waals surface area contributed by atoms with Gasteiger partial charge in [0.25, 0.3) is 20.1 Å². The van der Waals surface area contributed by atoms with E-state index < -0.39 is 0 Å². The Bertz CT molecular complexity index is 7140. The predicted molar refractivity (Wildman–Crippen MR) is 627 cm³/mol. The monoisotopic (exact) mass is 1880 g/mol. The number of anilines is 18. The maximum atomic E-state index is 2.64. The molecule has 9 heteroatoms. The van der Waals surface area contributed by atoms with Crippen LogP contribution in [0.15, 0.2) is 309 Å². The molecule has 6 nitrogen and oxygen atoms in total. The Labute approximate surface area is 861 Å². The summed E-state index contributed by atoms with van der Waals surface area (Å²) in [6, 6.07) is 124. The summed E-state index contributed by atoms with van der Waals surface area (Å²) in [5, 5.41) is 0. The molecule has 0 aromatic heterocycles. The number of aryl methyl sites for hydroxylation is 3. The van der Waals surface area contributed by atoms with Crippen LogP contribution in [0.3, 0.4) is 0 Å². The van der Waals surface area contributed by atoms with E-state index in [2.05, 4.69) is 546 Å². The summed E-state index contributed by atoms with van der Waals surface area (Å²) in [6.07, 6.45) is 0. The minimum atomic E-state index is -0.129. The van der Waals surface area contributed by atoms with Gasteiger partial charge in [-0.2, -0.15) is 0 Å². The Hall–Kier alpha value is -13.5. The molecule has 0 amide bonds. The van der Waals surface area contributed by atoms with Crippen LogP contribution in [0.1, 0.15) is 254 Å². The highest BCUT2D eigenvalue weighted by molar-refractivity contribution is 7.02. The number of rotatable bonds is 9. The normalized spacial score (nSPS) is 14.3. The van der Waals surface area contributed by atoms with Crippen molar-refractivity contribution in [1.82, 2.24) is 0 Å². The van der Waals surface area contributed by atoms with Crippen LogP contribution in [-0.4, -0.2) is 20.1 Å². The maximum absolute atomic E-state index is 2.64. The van der Waals surface area contributed by atoms with Crippen molar-refractivity contribution >= 4 is 172 Å². The molecule has 144 heavy (non-hydrogen) atoms. The fourth-order valence-electron chi connectivity index (χ4n) is 23.8. The molecule has 16 aromatic rings. The molecule has 6 aliphatic rings. The van der Waals surface area contributed by atoms with Crippen molar-refractivity contribution in [2.75, 3.05) is 29.4 Å². The molecule has 0 radical (unpaired) electrons. The number of hydrogen-bond donors (Lipinski definition) is 0. The van der Waals surface area contributed by atoms with Gasteiger partial charge in [0.2, 0.25) is 0 Å². The van der Waals surface area contributed by atoms with Gasteiger partial charge in [0, 0.05) is 102 Å². The van der Waals surface area contributed by atoms with Crippen molar-refractivity contribution in [2.24, 2.45) is 0 Å². The van der Waals surface area contributed by atoms with E-state index in [4.69, 9.17) is 0 Å². The fourth-order valence-corrected chi connectivity index (χ4v) is 23.8. The largest absolute Gasteiger partial charge is 0.311 e. The first kappa shape index (κ1) is 95.4. The molecule has 720 valence electrons. The highest BCUT2D eigenvalue weighted by Gasteiger charge is 2.50. The topological polar surface area (TPSA) is 19.4 Å². The average Bonchev–Trinajstić information content (AvgIpc) is 0.700. The molecule has 16 aromatic carbocycles. The molecule has 22 rings (SSSR count). The van der Waals surface area contributed by atoms with Crippen LogP contribution in [0.5, 0.6) is 0 Å². The van der Waals surface area contributed by atoms with Gasteiger partial charge in [0.05, 0.1) is 0 Å². The molecular weight excluding hydrogens is 1740 g/mol. The minimum absolute atomic E-state index is 0.0147. The minimum Gasteiger partial charge on any atom is -0.311 e. The summed E-state index contributed by atoms with van der Waals surface area (Å²) in [5.74, 6) is 0. The van der Waals surface area contributed by atoms with Crippen LogP contribution in [0.4, 0.5) is 102 Å². The number of fused-ring (bicyclic) bond motifs is 12. The van der Waals surface area contributed by atoms with E-state index in [1.165, 1.54) is 184 Å². The SMILES string of the molecule is Cc1cc2c3c(c1)N(c1ccc(C(C)(C)C)cc1)c1cc(-c4cc(-c5ccc6c(c5)N(c5ccc(C(C)(C)C)cc5)c5cc(C)cc7c5B6c5cc(C(C)(C)C)ccc5N7c5ccc(C(C)(C)C)cc5)cc(-c5ccc6c(c5)N(c5ccc(C(C)(C)C)cc5)c5cc(C)cc7c5B6c5cc(C(C)(C)C)ccc5N7c5ccc(C(C)(C)C)cc5)c4)ccc1B3c1cc(C(C)(C)C)ccc1N2c1ccc(C(C)(C)C)cc1. The third-order valence-corrected chi connectivity index (χ3v) is 32.1. The van der Waals surface area contributed by atoms with Crippen molar-refractivity contribution in [3.8, 4) is 33.4 Å². The van der Waals surface area contributed by atoms with E-state index in [1.54, 1.807) is 0 Å². The Kier molecular flexibility index (Phi) is 22.0. The summed E-state index contributed by atoms with van der Waals surface area (Å²) in [6.45, 7) is 69.7. The van der Waals surface area contributed by atoms with Crippen LogP contribution >= 0.6 is 0 Å². The lowest BCUT2D eigenvalue weighted by Gasteiger charge is -2.45. The molecular formula is C135H141B3N6. The van der Waals surface area contributed by atoms with E-state index in [0.29, 0.717) is 0 Å². The molecule has 6 heterocycles. The van der Waals surface area contributed by atoms with Gasteiger partial charge in [0.15, 0.2) is 0 Å². The van der Waals surface area contributed by atoms with Crippen LogP contribution < -0.4 is 78.6 Å². The summed E-state index contributed by atoms with van der Waals surface area (Å²) in [4.78, 5) is 15.7. The summed E-state index contributed by atoms with van der Waals surface area (Å²) in [5.41, 5.74) is 54.4. The van der Waals surface area contributed by atoms with Crippen molar-refractivity contribution in [2.45, 2.75) is 256 Å². The molecule has 0 fully saturated rings. The Balaban J connectivity index is 0.808. The van der Waals surface area contributed by atoms with Gasteiger partial charge in [-0.3, -0.25) is 0 Å². The molecule has 0 aliphatic carbocycles. The first-order valence-electron chi connectivity index (χ1n) is 52.7. The fraction of sp³-hybridized carbons (Fsp3) is 0.289. The molecule has 0 N–H and O–H groups in total. The van der Waals surface area contributed by atoms with Crippen LogP contribution in [0, 0.1) is 20.8 Å². The Morgan fingerprint density at radius 3 is 0.479 bits per heavy atom. The van der Waals surface area contributed by atoms with Gasteiger partial charge >= 0.3 is 0 Å². The van der Waals surface area contributed by atoms with Crippen LogP contribution in [0.2, 0.25) is 0 Å². The van der Waals surface area contributed by atoms with E-state index >= 15 is 0 Å². The highest BCUT2D eigenvalue weighted by Crippen LogP contribution is 2.54. The predicted octanol–water partition coefficient (Wildman–Crippen LogP) is 31.5. The lowest BCUT2D eigenvalue weighted by atomic mass is 9.33. The first-order valence-corrected chi connectivity index (χ1v) is 52.7. The highest BCUT2D eigenvalue weighted by atomic mass is 15.2. The zero-order chi connectivity index (χ0) is 102. The van der Waals surface area contributed by atoms with Crippen molar-refractivity contribution in [3.63, 3.8) is 0 Å². The number of hydrogen-bond acceptors (Lipinski definition) is 6. The van der Waals surface area contributed by atoms with Gasteiger partial charge in [-0.15, -0.1) is 0 Å². The maximum Gasteiger partial charge on any atom is 0.252 e. The second-order valence-electron chi connectivity index (χ2n) is 51.9. The Morgan fingerprint density at radius 1 is 0.139 bits per heavy atom. The average molecular weight is 1880 g/mol. The summed E-state index contributed by atoms with van der Waals surface area (Å²) < 4.78 is 0. The zero-order valence-corrected chi connectivity index (χ0v) is 90.9. The molecule has 6 aliphatic heterocycles. The quantitative estimate of drug-likeness (QED) is 0.133. The molecule has 0 spiro atoms. The molecule has 0 saturated carbocycles. The molecule has 0 bridgehead atoms. The van der Waals surface area contributed by atoms with E-state index in [-0.39, 0.29) is 68.9 Å². The van der Waals surface area contributed by atoms with Gasteiger partial charge < -0.3 is 29.4 Å². The second-order valence-corrected chi connectivity index (χ2v) is 51.9. The summed E-state index contributed by atoms with van der Waals surface area (Å²) in [7, 11) is 0. The van der Waals surface area contributed by atoms with Crippen molar-refractivity contribution in [1.29, 1.82) is 0 Å². The number of benzene rings is 16. The van der Waals surface area contributed by atoms with Gasteiger partial charge in [-0.25, -0.2) is 0 Å². The standard InChI is InChI=1S/C135H141B3N6/c1-82-67-118-124-121(70-82)142(103-55-40-94(41-56-103)130(13,14)15)115-76-85(31-61-106(115)136(124)109-79-97(133(22,23)24)46-64-112(109)139(118)100-49-34-91(35-50-100)127(4,5)6)88-73-89(86-32-62-107-116(77-86)143(104-57-42-95(43-58-104)131(16,17)18)122-71-83(2)68-119-125(122)137(107)110-80-98(134(25,26)27)47-65-113(110)140(119)101-51-36-92(37-52-101)128(7,8)9)75-90(74-88)87-33-63-108-117(78-87)144(105-59-44-96(45-60-105)132(19,20)21)123-72-84(3)69-120-126(123)138(108)111-81-99(135(28,29)30)48-66-114(111)141(120)102-53-38-93(39-54-102)129(10,11)12/h31-81H,1-30H3. The molecule has 0 unspecified atom stereocenters. The van der Waals surface area contributed by atoms with Crippen molar-refractivity contribution in [3.05, 3.63) is 376 Å². The van der Waals surface area contributed by atoms with E-state index in [0.717, 1.165) is 67.5 Å². The summed E-state index contributed by atoms with van der Waals surface area (Å²) >= 11 is 0. The Morgan fingerprint density at radius 2 is 0.306 bits per heavy atom. The van der Waals surface area contributed by atoms with E-state index in [1.807, 2.05) is 0 Å². The second kappa shape index (κ2) is 33.3. The van der Waals surface area contributed by atoms with Crippen molar-refractivity contribution < 1.29 is 0 Å². The zero-order valence-electron chi connectivity index (χ0n) is 90.9. The third kappa shape index (κ3) is 16.3. The van der Waals surface area contributed by atoms with Crippen LogP contribution in [0.25, 0.3) is 33.4 Å². The van der Waals surface area contributed by atoms with E-state index in [9.17, 15) is 0 Å². The van der Waals surface area contributed by atoms with Gasteiger partial charge in [-0.1, -0.05) is 333 Å². The molecule has 0 saturated heterocycles. The smallest absolute Gasteiger partial charge is 0.252 e. The third-order valence-electron chi connectivity index (χ3n) is 32.1. The first-order chi connectivity index (χ1) is 67.8. The van der Waals surface area contributed by atoms with Crippen LogP contribution in [-0.2, 0) is 48.7 Å². The lowest BCUT2D eigenvalue weighted by Crippen LogP contribution is -2.61. The number of nitrogens with zero attached hydrogens (tertiary/aromatic N) is 6. The lowest BCUT2D eigenvalue weighted by molar-refractivity contribution is 0.590. The molecule has 0 atom stereocenters. The van der Waals surface area contributed by atoms with Gasteiger partial charge in [-0.05, 0) is 383 Å². The van der Waals surface area contributed by atoms with Gasteiger partial charge in [0.1, 0.15) is 0 Å².